The third-order valence-corrected chi connectivity index (χ3v) is 3.60. The Balaban J connectivity index is 0.00000200. The van der Waals surface area contributed by atoms with E-state index >= 15 is 0 Å². The maximum Gasteiger partial charge on any atom is 0.255 e. The fourth-order valence-electron chi connectivity index (χ4n) is 2.14. The maximum atomic E-state index is 12.1. The molecule has 2 rings (SSSR count). The molecule has 1 aliphatic heterocycles. The summed E-state index contributed by atoms with van der Waals surface area (Å²) in [5, 5.41) is 6.52. The zero-order valence-electron chi connectivity index (χ0n) is 11.2. The van der Waals surface area contributed by atoms with Crippen LogP contribution in [-0.2, 0) is 0 Å². The Morgan fingerprint density at radius 1 is 1.60 bits per heavy atom. The summed E-state index contributed by atoms with van der Waals surface area (Å²) in [6.45, 7) is 2.61. The minimum absolute atomic E-state index is 0. The fourth-order valence-corrected chi connectivity index (χ4v) is 2.30. The second-order valence-corrected chi connectivity index (χ2v) is 5.05. The van der Waals surface area contributed by atoms with Crippen LogP contribution in [-0.4, -0.2) is 32.7 Å². The highest BCUT2D eigenvalue weighted by atomic mass is 35.5. The fraction of sp³-hybridized carbons (Fsp3) is 0.462. The van der Waals surface area contributed by atoms with Crippen molar-refractivity contribution >= 4 is 35.6 Å². The van der Waals surface area contributed by atoms with Gasteiger partial charge in [0.05, 0.1) is 23.4 Å². The first kappa shape index (κ1) is 16.9. The van der Waals surface area contributed by atoms with Gasteiger partial charge in [-0.25, -0.2) is 0 Å². The second-order valence-electron chi connectivity index (χ2n) is 4.64. The lowest BCUT2D eigenvalue weighted by Gasteiger charge is -2.13. The highest BCUT2D eigenvalue weighted by molar-refractivity contribution is 6.33. The molecule has 0 radical (unpaired) electrons. The molecule has 1 heterocycles. The van der Waals surface area contributed by atoms with Crippen molar-refractivity contribution in [2.24, 2.45) is 5.92 Å². The summed E-state index contributed by atoms with van der Waals surface area (Å²) in [5.74, 6) is 0.730. The molecular formula is C13H19Cl2N3O2. The van der Waals surface area contributed by atoms with Gasteiger partial charge in [0.25, 0.3) is 5.91 Å². The van der Waals surface area contributed by atoms with Gasteiger partial charge in [0.2, 0.25) is 0 Å². The van der Waals surface area contributed by atoms with E-state index in [1.807, 2.05) is 0 Å². The summed E-state index contributed by atoms with van der Waals surface area (Å²) in [4.78, 5) is 12.1. The van der Waals surface area contributed by atoms with Gasteiger partial charge >= 0.3 is 0 Å². The Labute approximate surface area is 129 Å². The van der Waals surface area contributed by atoms with Gasteiger partial charge in [-0.15, -0.1) is 12.4 Å². The normalized spacial score (nSPS) is 17.4. The van der Waals surface area contributed by atoms with Gasteiger partial charge in [0, 0.05) is 12.6 Å². The number of benzene rings is 1. The molecule has 0 spiro atoms. The molecule has 1 amide bonds. The van der Waals surface area contributed by atoms with Gasteiger partial charge in [-0.2, -0.15) is 0 Å². The van der Waals surface area contributed by atoms with Crippen LogP contribution in [0, 0.1) is 5.92 Å². The lowest BCUT2D eigenvalue weighted by Crippen LogP contribution is -2.30. The Kier molecular flexibility index (Phi) is 6.39. The largest absolute Gasteiger partial charge is 0.496 e. The summed E-state index contributed by atoms with van der Waals surface area (Å²) >= 11 is 5.94. The molecule has 1 saturated heterocycles. The lowest BCUT2D eigenvalue weighted by molar-refractivity contribution is 0.0945. The molecule has 1 fully saturated rings. The van der Waals surface area contributed by atoms with Gasteiger partial charge in [0.1, 0.15) is 5.75 Å². The molecule has 0 bridgehead atoms. The number of methoxy groups -OCH3 is 1. The van der Waals surface area contributed by atoms with E-state index in [0.717, 1.165) is 19.5 Å². The number of carbonyl (C=O) groups excluding carboxylic acids is 1. The predicted molar refractivity (Wildman–Crippen MR) is 83.0 cm³/mol. The van der Waals surface area contributed by atoms with E-state index in [4.69, 9.17) is 22.1 Å². The van der Waals surface area contributed by atoms with Crippen LogP contribution in [0.15, 0.2) is 12.1 Å². The van der Waals surface area contributed by atoms with E-state index in [2.05, 4.69) is 10.6 Å². The topological polar surface area (TPSA) is 76.4 Å². The number of amides is 1. The van der Waals surface area contributed by atoms with E-state index in [1.54, 1.807) is 6.07 Å². The molecule has 7 heteroatoms. The van der Waals surface area contributed by atoms with Crippen molar-refractivity contribution < 1.29 is 9.53 Å². The van der Waals surface area contributed by atoms with E-state index in [0.29, 0.717) is 34.5 Å². The number of nitrogens with one attached hydrogen (secondary N) is 2. The minimum atomic E-state index is -0.189. The molecule has 4 N–H and O–H groups in total. The van der Waals surface area contributed by atoms with E-state index in [1.165, 1.54) is 13.2 Å². The van der Waals surface area contributed by atoms with Crippen molar-refractivity contribution in [3.05, 3.63) is 22.7 Å². The molecule has 1 aliphatic rings. The van der Waals surface area contributed by atoms with E-state index < -0.39 is 0 Å². The molecule has 0 saturated carbocycles. The third-order valence-electron chi connectivity index (χ3n) is 3.28. The van der Waals surface area contributed by atoms with Crippen molar-refractivity contribution in [2.75, 3.05) is 32.5 Å². The first-order valence-electron chi connectivity index (χ1n) is 6.23. The number of nitrogens with two attached hydrogens (primary N) is 1. The molecule has 20 heavy (non-hydrogen) atoms. The van der Waals surface area contributed by atoms with Crippen molar-refractivity contribution in [1.29, 1.82) is 0 Å². The smallest absolute Gasteiger partial charge is 0.255 e. The Bertz CT molecular complexity index is 477. The first-order chi connectivity index (χ1) is 9.11. The molecule has 0 aromatic heterocycles. The van der Waals surface area contributed by atoms with Crippen LogP contribution < -0.4 is 21.1 Å². The van der Waals surface area contributed by atoms with Gasteiger partial charge < -0.3 is 21.1 Å². The number of carbonyl (C=O) groups is 1. The van der Waals surface area contributed by atoms with Crippen LogP contribution >= 0.6 is 24.0 Å². The quantitative estimate of drug-likeness (QED) is 0.738. The molecule has 0 aliphatic carbocycles. The van der Waals surface area contributed by atoms with Gasteiger partial charge in [-0.05, 0) is 31.5 Å². The van der Waals surface area contributed by atoms with Crippen molar-refractivity contribution in [3.8, 4) is 5.75 Å². The standard InChI is InChI=1S/C13H18ClN3O2.ClH/c1-19-12-5-11(15)10(14)4-9(12)13(18)17-7-8-2-3-16-6-8;/h4-5,8,16H,2-3,6-7,15H2,1H3,(H,17,18);1H. The van der Waals surface area contributed by atoms with Crippen LogP contribution in [0.4, 0.5) is 5.69 Å². The Morgan fingerprint density at radius 2 is 2.35 bits per heavy atom. The average molecular weight is 320 g/mol. The monoisotopic (exact) mass is 319 g/mol. The minimum Gasteiger partial charge on any atom is -0.496 e. The number of anilines is 1. The van der Waals surface area contributed by atoms with E-state index in [-0.39, 0.29) is 18.3 Å². The number of hydrogen-bond donors (Lipinski definition) is 3. The number of nitrogen functional groups attached to an aromatic ring is 1. The number of hydrogen-bond acceptors (Lipinski definition) is 4. The SMILES string of the molecule is COc1cc(N)c(Cl)cc1C(=O)NCC1CCNC1.Cl. The first-order valence-corrected chi connectivity index (χ1v) is 6.61. The molecule has 1 atom stereocenters. The number of halogens is 2. The molecule has 1 unspecified atom stereocenters. The molecule has 5 nitrogen and oxygen atoms in total. The van der Waals surface area contributed by atoms with Gasteiger partial charge in [-0.3, -0.25) is 4.79 Å². The van der Waals surface area contributed by atoms with Crippen LogP contribution in [0.2, 0.25) is 5.02 Å². The highest BCUT2D eigenvalue weighted by Gasteiger charge is 2.18. The summed E-state index contributed by atoms with van der Waals surface area (Å²) in [5.41, 5.74) is 6.49. The zero-order valence-corrected chi connectivity index (χ0v) is 12.8. The van der Waals surface area contributed by atoms with Crippen molar-refractivity contribution in [3.63, 3.8) is 0 Å². The lowest BCUT2D eigenvalue weighted by atomic mass is 10.1. The third kappa shape index (κ3) is 3.91. The van der Waals surface area contributed by atoms with Crippen molar-refractivity contribution in [2.45, 2.75) is 6.42 Å². The van der Waals surface area contributed by atoms with Crippen LogP contribution in [0.1, 0.15) is 16.8 Å². The zero-order chi connectivity index (χ0) is 13.8. The summed E-state index contributed by atoms with van der Waals surface area (Å²) in [6.07, 6.45) is 1.08. The van der Waals surface area contributed by atoms with Crippen LogP contribution in [0.25, 0.3) is 0 Å². The average Bonchev–Trinajstić information content (AvgIpc) is 2.91. The predicted octanol–water partition coefficient (Wildman–Crippen LogP) is 1.69. The molecular weight excluding hydrogens is 301 g/mol. The summed E-state index contributed by atoms with van der Waals surface area (Å²) < 4.78 is 5.16. The Hall–Kier alpha value is -1.17. The molecule has 1 aromatic rings. The maximum absolute atomic E-state index is 12.1. The number of rotatable bonds is 4. The van der Waals surface area contributed by atoms with Crippen molar-refractivity contribution in [1.82, 2.24) is 10.6 Å². The molecule has 1 aromatic carbocycles. The van der Waals surface area contributed by atoms with Gasteiger partial charge in [0.15, 0.2) is 0 Å². The number of ether oxygens (including phenoxy) is 1. The van der Waals surface area contributed by atoms with Crippen LogP contribution in [0.5, 0.6) is 5.75 Å². The second kappa shape index (κ2) is 7.57. The van der Waals surface area contributed by atoms with Gasteiger partial charge in [-0.1, -0.05) is 11.6 Å². The Morgan fingerprint density at radius 3 is 2.95 bits per heavy atom. The summed E-state index contributed by atoms with van der Waals surface area (Å²) in [6, 6.07) is 3.10. The summed E-state index contributed by atoms with van der Waals surface area (Å²) in [7, 11) is 1.50. The molecule has 112 valence electrons. The highest BCUT2D eigenvalue weighted by Crippen LogP contribution is 2.28. The van der Waals surface area contributed by atoms with Crippen LogP contribution in [0.3, 0.4) is 0 Å². The van der Waals surface area contributed by atoms with E-state index in [9.17, 15) is 4.79 Å².